The fourth-order valence-electron chi connectivity index (χ4n) is 2.75. The third-order valence-corrected chi connectivity index (χ3v) is 5.82. The lowest BCUT2D eigenvalue weighted by Crippen LogP contribution is -2.45. The maximum Gasteiger partial charge on any atom is 0.337 e. The molecule has 0 radical (unpaired) electrons. The van der Waals surface area contributed by atoms with Crippen LogP contribution in [0.3, 0.4) is 0 Å². The van der Waals surface area contributed by atoms with Gasteiger partial charge in [-0.05, 0) is 49.4 Å². The summed E-state index contributed by atoms with van der Waals surface area (Å²) in [5.74, 6) is -0.551. The van der Waals surface area contributed by atoms with Crippen molar-refractivity contribution in [1.29, 1.82) is 0 Å². The summed E-state index contributed by atoms with van der Waals surface area (Å²) in [5, 5.41) is 3.30. The molecule has 0 saturated carbocycles. The van der Waals surface area contributed by atoms with Gasteiger partial charge in [-0.3, -0.25) is 0 Å². The van der Waals surface area contributed by atoms with Gasteiger partial charge in [-0.15, -0.1) is 0 Å². The van der Waals surface area contributed by atoms with E-state index in [0.717, 1.165) is 25.9 Å². The molecule has 1 unspecified atom stereocenters. The van der Waals surface area contributed by atoms with Crippen LogP contribution in [0.4, 0.5) is 0 Å². The van der Waals surface area contributed by atoms with Crippen LogP contribution in [0.1, 0.15) is 35.7 Å². The fourth-order valence-corrected chi connectivity index (χ4v) is 4.22. The first-order valence-electron chi connectivity index (χ1n) is 7.67. The second kappa shape index (κ2) is 6.98. The van der Waals surface area contributed by atoms with Crippen molar-refractivity contribution in [3.63, 3.8) is 0 Å². The molecule has 1 atom stereocenters. The minimum absolute atomic E-state index is 0.0980. The van der Waals surface area contributed by atoms with Gasteiger partial charge >= 0.3 is 5.97 Å². The molecule has 0 spiro atoms. The number of ether oxygens (including phenoxy) is 1. The molecule has 2 N–H and O–H groups in total. The molecule has 0 bridgehead atoms. The molecule has 2 rings (SSSR count). The highest BCUT2D eigenvalue weighted by Gasteiger charge is 2.29. The van der Waals surface area contributed by atoms with E-state index in [2.05, 4.69) is 21.7 Å². The molecule has 1 aliphatic rings. The van der Waals surface area contributed by atoms with E-state index in [1.165, 1.54) is 13.2 Å². The van der Waals surface area contributed by atoms with Crippen molar-refractivity contribution in [3.05, 3.63) is 29.3 Å². The Kier molecular flexibility index (Phi) is 5.44. The van der Waals surface area contributed by atoms with Crippen molar-refractivity contribution in [2.75, 3.05) is 26.7 Å². The Morgan fingerprint density at radius 1 is 1.43 bits per heavy atom. The summed E-state index contributed by atoms with van der Waals surface area (Å²) in [5.41, 5.74) is 0.722. The van der Waals surface area contributed by atoms with Gasteiger partial charge in [0.05, 0.1) is 17.6 Å². The summed E-state index contributed by atoms with van der Waals surface area (Å²) in [6.07, 6.45) is 2.01. The second-order valence-corrected chi connectivity index (χ2v) is 8.12. The lowest BCUT2D eigenvalue weighted by atomic mass is 9.83. The Labute approximate surface area is 137 Å². The highest BCUT2D eigenvalue weighted by atomic mass is 32.2. The topological polar surface area (TPSA) is 84.5 Å². The van der Waals surface area contributed by atoms with Crippen LogP contribution in [-0.4, -0.2) is 41.1 Å². The van der Waals surface area contributed by atoms with Crippen LogP contribution in [0.25, 0.3) is 0 Å². The van der Waals surface area contributed by atoms with Crippen molar-refractivity contribution in [2.24, 2.45) is 5.41 Å². The molecule has 0 aromatic heterocycles. The molecule has 1 aromatic carbocycles. The molecule has 23 heavy (non-hydrogen) atoms. The normalized spacial score (nSPS) is 21.9. The van der Waals surface area contributed by atoms with Crippen LogP contribution in [0, 0.1) is 12.3 Å². The van der Waals surface area contributed by atoms with Gasteiger partial charge in [-0.1, -0.05) is 13.0 Å². The third-order valence-electron chi connectivity index (χ3n) is 4.27. The van der Waals surface area contributed by atoms with E-state index in [1.807, 2.05) is 0 Å². The monoisotopic (exact) mass is 340 g/mol. The first kappa shape index (κ1) is 17.9. The number of hydrogen-bond acceptors (Lipinski definition) is 5. The highest BCUT2D eigenvalue weighted by molar-refractivity contribution is 7.89. The van der Waals surface area contributed by atoms with Gasteiger partial charge in [-0.25, -0.2) is 17.9 Å². The summed E-state index contributed by atoms with van der Waals surface area (Å²) in [7, 11) is -2.41. The molecular weight excluding hydrogens is 316 g/mol. The molecule has 7 heteroatoms. The zero-order valence-electron chi connectivity index (χ0n) is 13.8. The number of aryl methyl sites for hydroxylation is 1. The van der Waals surface area contributed by atoms with Crippen LogP contribution in [0.2, 0.25) is 0 Å². The smallest absolute Gasteiger partial charge is 0.337 e. The van der Waals surface area contributed by atoms with Gasteiger partial charge in [0.1, 0.15) is 0 Å². The zero-order valence-corrected chi connectivity index (χ0v) is 14.6. The first-order valence-corrected chi connectivity index (χ1v) is 9.15. The Hall–Kier alpha value is -1.44. The molecule has 1 aromatic rings. The van der Waals surface area contributed by atoms with Crippen molar-refractivity contribution in [3.8, 4) is 0 Å². The highest BCUT2D eigenvalue weighted by Crippen LogP contribution is 2.25. The number of sulfonamides is 1. The number of rotatable bonds is 5. The second-order valence-electron chi connectivity index (χ2n) is 6.39. The van der Waals surface area contributed by atoms with Gasteiger partial charge in [0.25, 0.3) is 0 Å². The molecule has 0 aliphatic carbocycles. The van der Waals surface area contributed by atoms with Crippen molar-refractivity contribution in [2.45, 2.75) is 31.6 Å². The van der Waals surface area contributed by atoms with Gasteiger partial charge in [0.2, 0.25) is 10.0 Å². The molecule has 1 aliphatic heterocycles. The van der Waals surface area contributed by atoms with Crippen LogP contribution >= 0.6 is 0 Å². The maximum atomic E-state index is 12.6. The predicted molar refractivity (Wildman–Crippen MR) is 87.9 cm³/mol. The number of carbonyl (C=O) groups is 1. The van der Waals surface area contributed by atoms with Gasteiger partial charge in [0, 0.05) is 13.1 Å². The molecule has 0 amide bonds. The Balaban J connectivity index is 2.20. The van der Waals surface area contributed by atoms with Crippen LogP contribution in [-0.2, 0) is 14.8 Å². The fraction of sp³-hybridized carbons (Fsp3) is 0.562. The number of benzene rings is 1. The van der Waals surface area contributed by atoms with E-state index < -0.39 is 16.0 Å². The number of carbonyl (C=O) groups excluding carboxylic acids is 1. The number of piperidine rings is 1. The molecule has 1 fully saturated rings. The van der Waals surface area contributed by atoms with Crippen LogP contribution in [0.5, 0.6) is 0 Å². The van der Waals surface area contributed by atoms with Gasteiger partial charge in [-0.2, -0.15) is 0 Å². The average Bonchev–Trinajstić information content (AvgIpc) is 2.53. The van der Waals surface area contributed by atoms with Crippen LogP contribution in [0.15, 0.2) is 23.1 Å². The van der Waals surface area contributed by atoms with E-state index in [9.17, 15) is 13.2 Å². The minimum atomic E-state index is -3.68. The number of nitrogens with one attached hydrogen (secondary N) is 2. The molecule has 6 nitrogen and oxygen atoms in total. The Morgan fingerprint density at radius 3 is 2.78 bits per heavy atom. The molecule has 1 saturated heterocycles. The standard InChI is InChI=1S/C16H24N2O4S/c1-12-5-6-13(15(19)22-3)9-14(12)23(20,21)18-11-16(2)7-4-8-17-10-16/h5-6,9,17-18H,4,7-8,10-11H2,1-3H3. The summed E-state index contributed by atoms with van der Waals surface area (Å²) in [4.78, 5) is 11.7. The summed E-state index contributed by atoms with van der Waals surface area (Å²) < 4.78 is 32.6. The van der Waals surface area contributed by atoms with Gasteiger partial charge in [0.15, 0.2) is 0 Å². The van der Waals surface area contributed by atoms with Crippen molar-refractivity contribution < 1.29 is 17.9 Å². The number of esters is 1. The SMILES string of the molecule is COC(=O)c1ccc(C)c(S(=O)(=O)NCC2(C)CCCNC2)c1. The van der Waals surface area contributed by atoms with Crippen molar-refractivity contribution in [1.82, 2.24) is 10.0 Å². The average molecular weight is 340 g/mol. The largest absolute Gasteiger partial charge is 0.465 e. The van der Waals surface area contributed by atoms with Crippen molar-refractivity contribution >= 4 is 16.0 Å². The Bertz CT molecular complexity index is 679. The van der Waals surface area contributed by atoms with E-state index in [0.29, 0.717) is 12.1 Å². The number of hydrogen-bond donors (Lipinski definition) is 2. The van der Waals surface area contributed by atoms with E-state index in [4.69, 9.17) is 0 Å². The van der Waals surface area contributed by atoms with Crippen LogP contribution < -0.4 is 10.0 Å². The lowest BCUT2D eigenvalue weighted by Gasteiger charge is -2.34. The van der Waals surface area contributed by atoms with E-state index >= 15 is 0 Å². The summed E-state index contributed by atoms with van der Waals surface area (Å²) >= 11 is 0. The maximum absolute atomic E-state index is 12.6. The zero-order chi connectivity index (χ0) is 17.1. The summed E-state index contributed by atoms with van der Waals surface area (Å²) in [6.45, 7) is 5.91. The first-order chi connectivity index (χ1) is 10.8. The Morgan fingerprint density at radius 2 is 2.17 bits per heavy atom. The summed E-state index contributed by atoms with van der Waals surface area (Å²) in [6, 6.07) is 4.54. The van der Waals surface area contributed by atoms with Gasteiger partial charge < -0.3 is 10.1 Å². The lowest BCUT2D eigenvalue weighted by molar-refractivity contribution is 0.0600. The van der Waals surface area contributed by atoms with E-state index in [-0.39, 0.29) is 15.9 Å². The molecule has 1 heterocycles. The minimum Gasteiger partial charge on any atom is -0.465 e. The molecule has 128 valence electrons. The van der Waals surface area contributed by atoms with E-state index in [1.54, 1.807) is 19.1 Å². The third kappa shape index (κ3) is 4.31. The predicted octanol–water partition coefficient (Wildman–Crippen LogP) is 1.45. The molecular formula is C16H24N2O4S. The number of methoxy groups -OCH3 is 1. The quantitative estimate of drug-likeness (QED) is 0.793.